The molecule has 1 aromatic heterocycles. The summed E-state index contributed by atoms with van der Waals surface area (Å²) in [4.78, 5) is 0.384. The van der Waals surface area contributed by atoms with Gasteiger partial charge in [-0.1, -0.05) is 29.5 Å². The minimum Gasteiger partial charge on any atom is -0.389 e. The lowest BCUT2D eigenvalue weighted by atomic mass is 10.1. The molecular weight excluding hydrogens is 246 g/mol. The van der Waals surface area contributed by atoms with Crippen LogP contribution < -0.4 is 11.1 Å². The van der Waals surface area contributed by atoms with Crippen LogP contribution >= 0.6 is 12.2 Å². The van der Waals surface area contributed by atoms with Gasteiger partial charge < -0.3 is 15.6 Å². The molecule has 0 amide bonds. The predicted molar refractivity (Wildman–Crippen MR) is 75.6 cm³/mol. The van der Waals surface area contributed by atoms with Crippen LogP contribution in [0.25, 0.3) is 0 Å². The Morgan fingerprint density at radius 3 is 2.83 bits per heavy atom. The Bertz CT molecular complexity index is 577. The monoisotopic (exact) mass is 261 g/mol. The van der Waals surface area contributed by atoms with Crippen molar-refractivity contribution in [1.29, 1.82) is 0 Å². The number of hydrogen-bond acceptors (Lipinski definition) is 4. The van der Waals surface area contributed by atoms with E-state index >= 15 is 0 Å². The van der Waals surface area contributed by atoms with Gasteiger partial charge in [-0.25, -0.2) is 0 Å². The van der Waals surface area contributed by atoms with Crippen LogP contribution in [-0.4, -0.2) is 10.1 Å². The summed E-state index contributed by atoms with van der Waals surface area (Å²) in [5.41, 5.74) is 9.46. The number of rotatable bonds is 4. The Hall–Kier alpha value is -1.88. The number of thiocarbonyl (C=S) groups is 1. The summed E-state index contributed by atoms with van der Waals surface area (Å²) in [6.45, 7) is 4.46. The summed E-state index contributed by atoms with van der Waals surface area (Å²) in [5.74, 6) is 0.782. The van der Waals surface area contributed by atoms with Crippen LogP contribution in [0.2, 0.25) is 0 Å². The van der Waals surface area contributed by atoms with E-state index < -0.39 is 0 Å². The van der Waals surface area contributed by atoms with Gasteiger partial charge in [-0.2, -0.15) is 0 Å². The lowest BCUT2D eigenvalue weighted by Crippen LogP contribution is -2.14. The van der Waals surface area contributed by atoms with Gasteiger partial charge in [0.25, 0.3) is 0 Å². The lowest BCUT2D eigenvalue weighted by molar-refractivity contribution is 0.384. The number of benzene rings is 1. The zero-order valence-corrected chi connectivity index (χ0v) is 11.2. The fourth-order valence-corrected chi connectivity index (χ4v) is 1.95. The number of anilines is 1. The molecule has 5 heteroatoms. The van der Waals surface area contributed by atoms with Crippen LogP contribution in [0.15, 0.2) is 28.8 Å². The SMILES string of the molecule is Cc1cc(CNc2c(C)cccc2C(N)=S)on1. The first kappa shape index (κ1) is 12.6. The molecule has 0 aliphatic heterocycles. The van der Waals surface area contributed by atoms with E-state index in [0.29, 0.717) is 11.5 Å². The normalized spacial score (nSPS) is 10.3. The Kier molecular flexibility index (Phi) is 3.62. The molecule has 0 aliphatic rings. The van der Waals surface area contributed by atoms with E-state index in [1.165, 1.54) is 0 Å². The lowest BCUT2D eigenvalue weighted by Gasteiger charge is -2.12. The van der Waals surface area contributed by atoms with Crippen LogP contribution in [0.1, 0.15) is 22.6 Å². The summed E-state index contributed by atoms with van der Waals surface area (Å²) < 4.78 is 5.15. The molecule has 2 aromatic rings. The summed E-state index contributed by atoms with van der Waals surface area (Å²) in [6.07, 6.45) is 0. The first-order chi connectivity index (χ1) is 8.58. The van der Waals surface area contributed by atoms with Gasteiger partial charge in [0.15, 0.2) is 5.76 Å². The molecule has 0 unspecified atom stereocenters. The number of aryl methyl sites for hydroxylation is 2. The first-order valence-corrected chi connectivity index (χ1v) is 6.04. The van der Waals surface area contributed by atoms with Crippen molar-refractivity contribution in [3.63, 3.8) is 0 Å². The highest BCUT2D eigenvalue weighted by atomic mass is 32.1. The second kappa shape index (κ2) is 5.18. The Balaban J connectivity index is 2.20. The average molecular weight is 261 g/mol. The third-order valence-electron chi connectivity index (χ3n) is 2.65. The van der Waals surface area contributed by atoms with Gasteiger partial charge in [0.2, 0.25) is 0 Å². The van der Waals surface area contributed by atoms with Crippen molar-refractivity contribution in [3.8, 4) is 0 Å². The molecule has 18 heavy (non-hydrogen) atoms. The summed E-state index contributed by atoms with van der Waals surface area (Å²) >= 11 is 5.05. The number of aromatic nitrogens is 1. The molecular formula is C13H15N3OS. The van der Waals surface area contributed by atoms with Gasteiger partial charge >= 0.3 is 0 Å². The highest BCUT2D eigenvalue weighted by molar-refractivity contribution is 7.80. The zero-order chi connectivity index (χ0) is 13.1. The fraction of sp³-hybridized carbons (Fsp3) is 0.231. The van der Waals surface area contributed by atoms with Gasteiger partial charge in [0, 0.05) is 17.3 Å². The third-order valence-corrected chi connectivity index (χ3v) is 2.87. The molecule has 0 atom stereocenters. The molecule has 0 radical (unpaired) electrons. The molecule has 1 heterocycles. The van der Waals surface area contributed by atoms with Crippen LogP contribution in [0.4, 0.5) is 5.69 Å². The summed E-state index contributed by atoms with van der Waals surface area (Å²) in [7, 11) is 0. The number of para-hydroxylation sites is 1. The number of nitrogens with two attached hydrogens (primary N) is 1. The Morgan fingerprint density at radius 2 is 2.22 bits per heavy atom. The molecule has 0 spiro atoms. The molecule has 0 aliphatic carbocycles. The van der Waals surface area contributed by atoms with E-state index in [-0.39, 0.29) is 0 Å². The van der Waals surface area contributed by atoms with E-state index in [4.69, 9.17) is 22.5 Å². The topological polar surface area (TPSA) is 64.1 Å². The minimum atomic E-state index is 0.384. The van der Waals surface area contributed by atoms with Crippen LogP contribution in [0.3, 0.4) is 0 Å². The van der Waals surface area contributed by atoms with Gasteiger partial charge in [0.05, 0.1) is 12.2 Å². The third kappa shape index (κ3) is 2.68. The molecule has 0 bridgehead atoms. The molecule has 0 saturated heterocycles. The zero-order valence-electron chi connectivity index (χ0n) is 10.4. The van der Waals surface area contributed by atoms with Crippen LogP contribution in [-0.2, 0) is 6.54 Å². The van der Waals surface area contributed by atoms with Crippen molar-refractivity contribution >= 4 is 22.9 Å². The fourth-order valence-electron chi connectivity index (χ4n) is 1.78. The van der Waals surface area contributed by atoms with E-state index in [2.05, 4.69) is 10.5 Å². The predicted octanol–water partition coefficient (Wildman–Crippen LogP) is 2.54. The van der Waals surface area contributed by atoms with Crippen LogP contribution in [0, 0.1) is 13.8 Å². The standard InChI is InChI=1S/C13H15N3OS/c1-8-4-3-5-11(13(14)18)12(8)15-7-10-6-9(2)16-17-10/h3-6,15H,7H2,1-2H3,(H2,14,18). The number of hydrogen-bond donors (Lipinski definition) is 2. The van der Waals surface area contributed by atoms with E-state index in [1.54, 1.807) is 0 Å². The summed E-state index contributed by atoms with van der Waals surface area (Å²) in [5, 5.41) is 7.13. The van der Waals surface area contributed by atoms with Crippen molar-refractivity contribution in [2.45, 2.75) is 20.4 Å². The second-order valence-corrected chi connectivity index (χ2v) is 4.59. The smallest absolute Gasteiger partial charge is 0.156 e. The maximum absolute atomic E-state index is 5.71. The van der Waals surface area contributed by atoms with Crippen molar-refractivity contribution < 1.29 is 4.52 Å². The maximum Gasteiger partial charge on any atom is 0.156 e. The van der Waals surface area contributed by atoms with Gasteiger partial charge in [-0.05, 0) is 25.5 Å². The molecule has 2 rings (SSSR count). The highest BCUT2D eigenvalue weighted by Crippen LogP contribution is 2.21. The number of nitrogens with one attached hydrogen (secondary N) is 1. The first-order valence-electron chi connectivity index (χ1n) is 5.63. The van der Waals surface area contributed by atoms with Gasteiger partial charge in [0.1, 0.15) is 4.99 Å². The summed E-state index contributed by atoms with van der Waals surface area (Å²) in [6, 6.07) is 7.75. The quantitative estimate of drug-likeness (QED) is 0.828. The van der Waals surface area contributed by atoms with E-state index in [1.807, 2.05) is 38.1 Å². The molecule has 1 aromatic carbocycles. The molecule has 0 saturated carbocycles. The highest BCUT2D eigenvalue weighted by Gasteiger charge is 2.08. The second-order valence-electron chi connectivity index (χ2n) is 4.15. The molecule has 3 N–H and O–H groups in total. The molecule has 4 nitrogen and oxygen atoms in total. The Morgan fingerprint density at radius 1 is 1.44 bits per heavy atom. The van der Waals surface area contributed by atoms with E-state index in [0.717, 1.165) is 28.3 Å². The van der Waals surface area contributed by atoms with Crippen LogP contribution in [0.5, 0.6) is 0 Å². The van der Waals surface area contributed by atoms with Crippen molar-refractivity contribution in [1.82, 2.24) is 5.16 Å². The Labute approximate surface area is 111 Å². The minimum absolute atomic E-state index is 0.384. The molecule has 0 fully saturated rings. The average Bonchev–Trinajstić information content (AvgIpc) is 2.73. The maximum atomic E-state index is 5.71. The number of nitrogens with zero attached hydrogens (tertiary/aromatic N) is 1. The van der Waals surface area contributed by atoms with Crippen molar-refractivity contribution in [2.24, 2.45) is 5.73 Å². The van der Waals surface area contributed by atoms with E-state index in [9.17, 15) is 0 Å². The molecule has 94 valence electrons. The van der Waals surface area contributed by atoms with Gasteiger partial charge in [-0.3, -0.25) is 0 Å². The van der Waals surface area contributed by atoms with Crippen molar-refractivity contribution in [2.75, 3.05) is 5.32 Å². The van der Waals surface area contributed by atoms with Gasteiger partial charge in [-0.15, -0.1) is 0 Å². The van der Waals surface area contributed by atoms with Crippen molar-refractivity contribution in [3.05, 3.63) is 46.8 Å². The largest absolute Gasteiger partial charge is 0.389 e.